The molecular formula is C24H36N6O3S. The maximum absolute atomic E-state index is 11.8. The van der Waals surface area contributed by atoms with Gasteiger partial charge in [-0.25, -0.2) is 4.98 Å². The van der Waals surface area contributed by atoms with Gasteiger partial charge in [0.2, 0.25) is 5.88 Å². The van der Waals surface area contributed by atoms with E-state index in [1.165, 1.54) is 7.05 Å². The Balaban J connectivity index is 0.00000137. The van der Waals surface area contributed by atoms with E-state index in [-0.39, 0.29) is 0 Å². The number of carbonyl (C=O) groups is 1. The molecule has 10 heteroatoms. The average molecular weight is 489 g/mol. The van der Waals surface area contributed by atoms with Crippen LogP contribution < -0.4 is 20.1 Å². The number of H-pyrrole nitrogens is 1. The van der Waals surface area contributed by atoms with Gasteiger partial charge in [-0.1, -0.05) is 44.9 Å². The van der Waals surface area contributed by atoms with Crippen LogP contribution in [-0.4, -0.2) is 61.6 Å². The van der Waals surface area contributed by atoms with Crippen LogP contribution in [-0.2, 0) is 4.74 Å². The number of pyridine rings is 1. The summed E-state index contributed by atoms with van der Waals surface area (Å²) < 4.78 is 12.6. The fourth-order valence-corrected chi connectivity index (χ4v) is 3.48. The second-order valence-corrected chi connectivity index (χ2v) is 7.67. The zero-order chi connectivity index (χ0) is 25.3. The van der Waals surface area contributed by atoms with Crippen LogP contribution in [0.25, 0.3) is 11.3 Å². The lowest BCUT2D eigenvalue weighted by atomic mass is 10.1. The third-order valence-electron chi connectivity index (χ3n) is 4.30. The number of ether oxygens (including phenoxy) is 2. The number of aromatic nitrogens is 3. The topological polar surface area (TPSA) is 118 Å². The van der Waals surface area contributed by atoms with Gasteiger partial charge in [0.15, 0.2) is 12.1 Å². The van der Waals surface area contributed by atoms with E-state index in [1.807, 2.05) is 45.2 Å². The molecule has 2 aromatic heterocycles. The maximum atomic E-state index is 11.8. The summed E-state index contributed by atoms with van der Waals surface area (Å²) in [7, 11) is 5.14. The van der Waals surface area contributed by atoms with Crippen molar-refractivity contribution in [3.8, 4) is 17.1 Å². The molecule has 0 amide bonds. The van der Waals surface area contributed by atoms with Crippen molar-refractivity contribution in [2.45, 2.75) is 20.8 Å². The van der Waals surface area contributed by atoms with E-state index in [2.05, 4.69) is 37.5 Å². The lowest BCUT2D eigenvalue weighted by Crippen LogP contribution is -2.06. The Hall–Kier alpha value is -3.08. The molecule has 0 unspecified atom stereocenters. The molecule has 0 aliphatic carbocycles. The van der Waals surface area contributed by atoms with Crippen LogP contribution >= 0.6 is 11.9 Å². The SMILES string of the molecule is CC.CCSN(C)c1ccc(-c2[nH]nc(Nc3ccnc(OCCOC)c3)c2C=O)cc1.CN. The van der Waals surface area contributed by atoms with Gasteiger partial charge in [-0.3, -0.25) is 9.89 Å². The third kappa shape index (κ3) is 8.36. The lowest BCUT2D eigenvalue weighted by molar-refractivity contribution is 0.112. The smallest absolute Gasteiger partial charge is 0.215 e. The Morgan fingerprint density at radius 2 is 1.88 bits per heavy atom. The fourth-order valence-electron chi connectivity index (χ4n) is 2.82. The number of carbonyl (C=O) groups excluding carboxylic acids is 1. The van der Waals surface area contributed by atoms with E-state index in [0.717, 1.165) is 23.3 Å². The van der Waals surface area contributed by atoms with Gasteiger partial charge in [-0.2, -0.15) is 5.10 Å². The van der Waals surface area contributed by atoms with Gasteiger partial charge in [0, 0.05) is 49.1 Å². The van der Waals surface area contributed by atoms with E-state index in [1.54, 1.807) is 37.4 Å². The molecule has 1 aromatic carbocycles. The van der Waals surface area contributed by atoms with E-state index in [9.17, 15) is 4.79 Å². The van der Waals surface area contributed by atoms with Crippen molar-refractivity contribution in [2.24, 2.45) is 5.73 Å². The van der Waals surface area contributed by atoms with Gasteiger partial charge in [0.25, 0.3) is 0 Å². The molecular weight excluding hydrogens is 452 g/mol. The first-order valence-electron chi connectivity index (χ1n) is 11.1. The highest BCUT2D eigenvalue weighted by Crippen LogP contribution is 2.30. The van der Waals surface area contributed by atoms with E-state index in [0.29, 0.717) is 41.9 Å². The summed E-state index contributed by atoms with van der Waals surface area (Å²) in [5.41, 5.74) is 8.31. The lowest BCUT2D eigenvalue weighted by Gasteiger charge is -2.16. The third-order valence-corrected chi connectivity index (χ3v) is 5.16. The second kappa shape index (κ2) is 16.5. The minimum absolute atomic E-state index is 0.404. The standard InChI is InChI=1S/C21H25N5O3S.C2H6.CH5N/c1-4-30-26(2)17-7-5-15(6-8-17)20-18(14-27)21(25-24-20)23-16-9-10-22-19(13-16)29-12-11-28-3;2*1-2/h5-10,13-14H,4,11-12H2,1-3H3,(H2,22,23,24,25);1-2H3;2H2,1H3. The Bertz CT molecular complexity index is 966. The van der Waals surface area contributed by atoms with Crippen molar-refractivity contribution in [3.63, 3.8) is 0 Å². The molecule has 34 heavy (non-hydrogen) atoms. The van der Waals surface area contributed by atoms with Crippen molar-refractivity contribution >= 4 is 35.4 Å². The largest absolute Gasteiger partial charge is 0.475 e. The van der Waals surface area contributed by atoms with E-state index in [4.69, 9.17) is 9.47 Å². The molecule has 4 N–H and O–H groups in total. The number of hydrogen-bond donors (Lipinski definition) is 3. The summed E-state index contributed by atoms with van der Waals surface area (Å²) in [6, 6.07) is 11.5. The number of benzene rings is 1. The monoisotopic (exact) mass is 488 g/mol. The minimum Gasteiger partial charge on any atom is -0.475 e. The first-order chi connectivity index (χ1) is 16.7. The first-order valence-corrected chi connectivity index (χ1v) is 12.0. The minimum atomic E-state index is 0.404. The molecule has 0 atom stereocenters. The van der Waals surface area contributed by atoms with Crippen LogP contribution in [0.5, 0.6) is 5.88 Å². The van der Waals surface area contributed by atoms with Gasteiger partial charge in [0.05, 0.1) is 17.9 Å². The predicted octanol–water partition coefficient (Wildman–Crippen LogP) is 4.76. The molecule has 0 saturated carbocycles. The number of rotatable bonds is 11. The summed E-state index contributed by atoms with van der Waals surface area (Å²) in [6.07, 6.45) is 2.42. The summed E-state index contributed by atoms with van der Waals surface area (Å²) >= 11 is 1.73. The van der Waals surface area contributed by atoms with Crippen LogP contribution in [0.3, 0.4) is 0 Å². The summed E-state index contributed by atoms with van der Waals surface area (Å²) in [6.45, 7) is 6.99. The molecule has 0 saturated heterocycles. The Morgan fingerprint density at radius 3 is 2.50 bits per heavy atom. The van der Waals surface area contributed by atoms with Crippen molar-refractivity contribution in [1.29, 1.82) is 0 Å². The summed E-state index contributed by atoms with van der Waals surface area (Å²) in [5.74, 6) is 1.90. The zero-order valence-electron chi connectivity index (χ0n) is 20.8. The van der Waals surface area contributed by atoms with Crippen LogP contribution in [0.1, 0.15) is 31.1 Å². The quantitative estimate of drug-likeness (QED) is 0.199. The van der Waals surface area contributed by atoms with Crippen LogP contribution in [0.2, 0.25) is 0 Å². The molecule has 186 valence electrons. The number of nitrogens with one attached hydrogen (secondary N) is 2. The van der Waals surface area contributed by atoms with Crippen LogP contribution in [0.15, 0.2) is 42.6 Å². The highest BCUT2D eigenvalue weighted by molar-refractivity contribution is 8.00. The van der Waals surface area contributed by atoms with E-state index < -0.39 is 0 Å². The summed E-state index contributed by atoms with van der Waals surface area (Å²) in [4.78, 5) is 16.0. The number of aldehydes is 1. The fraction of sp³-hybridized carbons (Fsp3) is 0.375. The number of nitrogens with zero attached hydrogens (tertiary/aromatic N) is 3. The highest BCUT2D eigenvalue weighted by atomic mass is 32.2. The first kappa shape index (κ1) is 29.0. The van der Waals surface area contributed by atoms with Crippen molar-refractivity contribution < 1.29 is 14.3 Å². The Labute approximate surface area is 206 Å². The number of anilines is 3. The Morgan fingerprint density at radius 1 is 1.18 bits per heavy atom. The van der Waals surface area contributed by atoms with Gasteiger partial charge >= 0.3 is 0 Å². The highest BCUT2D eigenvalue weighted by Gasteiger charge is 2.15. The van der Waals surface area contributed by atoms with Crippen molar-refractivity contribution in [1.82, 2.24) is 15.2 Å². The molecule has 0 aliphatic heterocycles. The number of aromatic amines is 1. The molecule has 3 aromatic rings. The predicted molar refractivity (Wildman–Crippen MR) is 142 cm³/mol. The molecule has 0 spiro atoms. The van der Waals surface area contributed by atoms with Gasteiger partial charge in [0.1, 0.15) is 6.61 Å². The van der Waals surface area contributed by atoms with Gasteiger partial charge < -0.3 is 24.8 Å². The molecule has 0 aliphatic rings. The normalized spacial score (nSPS) is 9.74. The number of hydrogen-bond acceptors (Lipinski definition) is 9. The molecule has 0 fully saturated rings. The number of nitrogens with two attached hydrogens (primary N) is 1. The molecule has 9 nitrogen and oxygen atoms in total. The zero-order valence-corrected chi connectivity index (χ0v) is 21.6. The molecule has 0 radical (unpaired) electrons. The van der Waals surface area contributed by atoms with Crippen LogP contribution in [0, 0.1) is 0 Å². The molecule has 3 rings (SSSR count). The van der Waals surface area contributed by atoms with Gasteiger partial charge in [-0.05, 0) is 25.2 Å². The average Bonchev–Trinajstić information content (AvgIpc) is 3.29. The number of methoxy groups -OCH3 is 1. The van der Waals surface area contributed by atoms with Crippen LogP contribution in [0.4, 0.5) is 17.2 Å². The molecule has 0 bridgehead atoms. The molecule has 2 heterocycles. The van der Waals surface area contributed by atoms with E-state index >= 15 is 0 Å². The second-order valence-electron chi connectivity index (χ2n) is 6.29. The maximum Gasteiger partial charge on any atom is 0.215 e. The van der Waals surface area contributed by atoms with Crippen molar-refractivity contribution in [3.05, 3.63) is 48.2 Å². The summed E-state index contributed by atoms with van der Waals surface area (Å²) in [5, 5.41) is 10.4. The Kier molecular flexibility index (Phi) is 14.1. The van der Waals surface area contributed by atoms with Gasteiger partial charge in [-0.15, -0.1) is 0 Å². The van der Waals surface area contributed by atoms with Crippen molar-refractivity contribution in [2.75, 3.05) is 49.8 Å².